The Hall–Kier alpha value is -0.160. The van der Waals surface area contributed by atoms with Gasteiger partial charge in [0.2, 0.25) is 0 Å². The molecule has 0 amide bonds. The van der Waals surface area contributed by atoms with Crippen LogP contribution in [-0.4, -0.2) is 40.3 Å². The van der Waals surface area contributed by atoms with Crippen molar-refractivity contribution in [2.45, 2.75) is 0 Å². The average Bonchev–Trinajstić information content (AvgIpc) is 1.91. The Labute approximate surface area is 63.3 Å². The van der Waals surface area contributed by atoms with Crippen molar-refractivity contribution in [1.82, 2.24) is 10.6 Å². The van der Waals surface area contributed by atoms with Crippen molar-refractivity contribution in [2.24, 2.45) is 11.5 Å². The summed E-state index contributed by atoms with van der Waals surface area (Å²) in [6, 6.07) is 0. The molecule has 0 fully saturated rings. The summed E-state index contributed by atoms with van der Waals surface area (Å²) >= 11 is 0. The summed E-state index contributed by atoms with van der Waals surface area (Å²) in [5, 5.41) is 5.78. The molecule has 4 heteroatoms. The van der Waals surface area contributed by atoms with Gasteiger partial charge in [0.1, 0.15) is 0 Å². The van der Waals surface area contributed by atoms with E-state index in [2.05, 4.69) is 10.6 Å². The van der Waals surface area contributed by atoms with Gasteiger partial charge < -0.3 is 22.1 Å². The Morgan fingerprint density at radius 1 is 1.00 bits per heavy atom. The van der Waals surface area contributed by atoms with Crippen molar-refractivity contribution >= 4 is 0 Å². The van der Waals surface area contributed by atoms with Crippen LogP contribution in [-0.2, 0) is 0 Å². The molecular weight excluding hydrogens is 128 g/mol. The lowest BCUT2D eigenvalue weighted by molar-refractivity contribution is 0.696. The maximum Gasteiger partial charge on any atom is 0.00750 e. The van der Waals surface area contributed by atoms with Gasteiger partial charge in [0.15, 0.2) is 0 Å². The second-order valence-corrected chi connectivity index (χ2v) is 1.83. The fourth-order valence-electron chi connectivity index (χ4n) is 0.329. The van der Waals surface area contributed by atoms with Crippen molar-refractivity contribution in [1.29, 1.82) is 0 Å². The zero-order valence-corrected chi connectivity index (χ0v) is 6.98. The predicted octanol–water partition coefficient (Wildman–Crippen LogP) is -1.67. The van der Waals surface area contributed by atoms with Crippen molar-refractivity contribution < 1.29 is 0 Å². The predicted molar refractivity (Wildman–Crippen MR) is 46.0 cm³/mol. The lowest BCUT2D eigenvalue weighted by Gasteiger charge is -1.95. The third-order valence-corrected chi connectivity index (χ3v) is 0.642. The van der Waals surface area contributed by atoms with Crippen LogP contribution in [0.1, 0.15) is 0 Å². The zero-order valence-electron chi connectivity index (χ0n) is 6.98. The van der Waals surface area contributed by atoms with Crippen molar-refractivity contribution in [3.8, 4) is 0 Å². The molecule has 4 nitrogen and oxygen atoms in total. The monoisotopic (exact) mass is 148 g/mol. The van der Waals surface area contributed by atoms with Gasteiger partial charge in [-0.3, -0.25) is 0 Å². The van der Waals surface area contributed by atoms with Crippen LogP contribution in [0.5, 0.6) is 0 Å². The molecule has 0 atom stereocenters. The summed E-state index contributed by atoms with van der Waals surface area (Å²) in [7, 11) is 3.75. The lowest BCUT2D eigenvalue weighted by atomic mass is 10.6. The molecule has 0 rings (SSSR count). The molecular formula is C6H20N4. The SMILES string of the molecule is CNC.NCCNCCN. The standard InChI is InChI=1S/C4H13N3.C2H7N/c5-1-3-7-4-2-6;1-3-2/h7H,1-6H2;3H,1-2H3. The van der Waals surface area contributed by atoms with Crippen LogP contribution in [0.3, 0.4) is 0 Å². The van der Waals surface area contributed by atoms with Crippen LogP contribution >= 0.6 is 0 Å². The summed E-state index contributed by atoms with van der Waals surface area (Å²) in [6.45, 7) is 3.13. The topological polar surface area (TPSA) is 76.1 Å². The van der Waals surface area contributed by atoms with Crippen LogP contribution < -0.4 is 22.1 Å². The molecule has 0 bridgehead atoms. The van der Waals surface area contributed by atoms with Gasteiger partial charge in [-0.15, -0.1) is 0 Å². The molecule has 64 valence electrons. The molecule has 10 heavy (non-hydrogen) atoms. The van der Waals surface area contributed by atoms with E-state index in [1.807, 2.05) is 14.1 Å². The fraction of sp³-hybridized carbons (Fsp3) is 1.00. The van der Waals surface area contributed by atoms with E-state index >= 15 is 0 Å². The van der Waals surface area contributed by atoms with E-state index in [1.165, 1.54) is 0 Å². The Morgan fingerprint density at radius 2 is 1.30 bits per heavy atom. The van der Waals surface area contributed by atoms with Crippen molar-refractivity contribution in [3.63, 3.8) is 0 Å². The highest BCUT2D eigenvalue weighted by Gasteiger charge is 1.76. The first-order valence-corrected chi connectivity index (χ1v) is 3.52. The van der Waals surface area contributed by atoms with E-state index in [9.17, 15) is 0 Å². The molecule has 0 unspecified atom stereocenters. The smallest absolute Gasteiger partial charge is 0.00750 e. The van der Waals surface area contributed by atoms with Gasteiger partial charge in [0, 0.05) is 26.2 Å². The van der Waals surface area contributed by atoms with Crippen LogP contribution in [0.2, 0.25) is 0 Å². The first kappa shape index (κ1) is 12.5. The minimum absolute atomic E-state index is 0.694. The summed E-state index contributed by atoms with van der Waals surface area (Å²) in [5.74, 6) is 0. The zero-order chi connectivity index (χ0) is 8.24. The van der Waals surface area contributed by atoms with Crippen molar-refractivity contribution in [3.05, 3.63) is 0 Å². The normalized spacial score (nSPS) is 8.40. The molecule has 0 heterocycles. The summed E-state index contributed by atoms with van der Waals surface area (Å²) in [4.78, 5) is 0. The van der Waals surface area contributed by atoms with Crippen LogP contribution in [0.4, 0.5) is 0 Å². The first-order valence-electron chi connectivity index (χ1n) is 3.52. The quantitative estimate of drug-likeness (QED) is 0.360. The number of hydrogen-bond acceptors (Lipinski definition) is 4. The second-order valence-electron chi connectivity index (χ2n) is 1.83. The minimum atomic E-state index is 0.694. The Balaban J connectivity index is 0. The molecule has 0 aliphatic rings. The van der Waals surface area contributed by atoms with Gasteiger partial charge in [-0.2, -0.15) is 0 Å². The number of nitrogens with one attached hydrogen (secondary N) is 2. The molecule has 0 radical (unpaired) electrons. The van der Waals surface area contributed by atoms with E-state index < -0.39 is 0 Å². The Kier molecular flexibility index (Phi) is 19.9. The second kappa shape index (κ2) is 15.9. The fourth-order valence-corrected chi connectivity index (χ4v) is 0.329. The van der Waals surface area contributed by atoms with Crippen LogP contribution in [0.15, 0.2) is 0 Å². The molecule has 6 N–H and O–H groups in total. The summed E-state index contributed by atoms with van der Waals surface area (Å²) in [6.07, 6.45) is 0. The van der Waals surface area contributed by atoms with E-state index in [-0.39, 0.29) is 0 Å². The number of nitrogens with two attached hydrogens (primary N) is 2. The van der Waals surface area contributed by atoms with Crippen LogP contribution in [0.25, 0.3) is 0 Å². The van der Waals surface area contributed by atoms with Gasteiger partial charge in [-0.05, 0) is 14.1 Å². The Bertz CT molecular complexity index is 36.7. The number of rotatable bonds is 4. The van der Waals surface area contributed by atoms with E-state index in [0.29, 0.717) is 13.1 Å². The maximum atomic E-state index is 5.17. The molecule has 0 spiro atoms. The van der Waals surface area contributed by atoms with Gasteiger partial charge in [-0.25, -0.2) is 0 Å². The molecule has 0 aliphatic carbocycles. The van der Waals surface area contributed by atoms with E-state index in [1.54, 1.807) is 0 Å². The molecule has 0 aromatic carbocycles. The Morgan fingerprint density at radius 3 is 1.50 bits per heavy atom. The third kappa shape index (κ3) is 24.9. The first-order chi connectivity index (χ1) is 4.83. The largest absolute Gasteiger partial charge is 0.329 e. The highest BCUT2D eigenvalue weighted by molar-refractivity contribution is 4.45. The summed E-state index contributed by atoms with van der Waals surface area (Å²) in [5.41, 5.74) is 10.3. The van der Waals surface area contributed by atoms with E-state index in [4.69, 9.17) is 11.5 Å². The summed E-state index contributed by atoms with van der Waals surface area (Å²) < 4.78 is 0. The van der Waals surface area contributed by atoms with Gasteiger partial charge in [0.25, 0.3) is 0 Å². The minimum Gasteiger partial charge on any atom is -0.329 e. The highest BCUT2D eigenvalue weighted by atomic mass is 14.9. The van der Waals surface area contributed by atoms with Gasteiger partial charge >= 0.3 is 0 Å². The maximum absolute atomic E-state index is 5.17. The third-order valence-electron chi connectivity index (χ3n) is 0.642. The highest BCUT2D eigenvalue weighted by Crippen LogP contribution is 1.49. The number of hydrogen-bond donors (Lipinski definition) is 4. The molecule has 0 saturated heterocycles. The lowest BCUT2D eigenvalue weighted by Crippen LogP contribution is -2.27. The molecule has 0 saturated carbocycles. The van der Waals surface area contributed by atoms with Crippen molar-refractivity contribution in [2.75, 3.05) is 40.3 Å². The van der Waals surface area contributed by atoms with Gasteiger partial charge in [-0.1, -0.05) is 0 Å². The van der Waals surface area contributed by atoms with Gasteiger partial charge in [0.05, 0.1) is 0 Å². The molecule has 0 aliphatic heterocycles. The molecule has 0 aromatic rings. The van der Waals surface area contributed by atoms with E-state index in [0.717, 1.165) is 13.1 Å². The average molecular weight is 148 g/mol. The molecule has 0 aromatic heterocycles. The van der Waals surface area contributed by atoms with Crippen LogP contribution in [0, 0.1) is 0 Å².